The second kappa shape index (κ2) is 5.84. The van der Waals surface area contributed by atoms with Gasteiger partial charge in [0.2, 0.25) is 5.91 Å². The van der Waals surface area contributed by atoms with Crippen LogP contribution in [0.1, 0.15) is 41.6 Å². The number of phenols is 1. The Morgan fingerprint density at radius 3 is 2.64 bits per heavy atom. The molecule has 0 saturated heterocycles. The lowest BCUT2D eigenvalue weighted by Crippen LogP contribution is -2.40. The minimum Gasteiger partial charge on any atom is -0.508 e. The number of hydrogen-bond donors (Lipinski definition) is 1. The molecule has 1 N–H and O–H groups in total. The molecule has 1 amide bonds. The van der Waals surface area contributed by atoms with Crippen molar-refractivity contribution < 1.29 is 9.90 Å². The molecule has 0 aromatic heterocycles. The molecular weight excluding hydrogens is 274 g/mol. The van der Waals surface area contributed by atoms with Crippen molar-refractivity contribution in [3.8, 4) is 5.75 Å². The van der Waals surface area contributed by atoms with E-state index in [1.165, 1.54) is 11.1 Å². The van der Waals surface area contributed by atoms with Crippen molar-refractivity contribution in [3.05, 3.63) is 64.7 Å². The number of phenolic OH excluding ortho intramolecular Hbond substituents is 1. The van der Waals surface area contributed by atoms with E-state index >= 15 is 0 Å². The Labute approximate surface area is 131 Å². The molecular formula is C19H21NO2. The molecule has 22 heavy (non-hydrogen) atoms. The third-order valence-electron chi connectivity index (χ3n) is 4.37. The van der Waals surface area contributed by atoms with Crippen molar-refractivity contribution in [2.75, 3.05) is 6.54 Å². The standard InChI is InChI=1S/C19H21NO2/c1-3-18(22)20-11-10-14-8-9-16(21)12-17(14)19(20)15-6-4-13(2)5-7-15/h4-9,12,19,21H,3,10-11H2,1-2H3. The minimum absolute atomic E-state index is 0.108. The number of nitrogens with zero attached hydrogens (tertiary/aromatic N) is 1. The van der Waals surface area contributed by atoms with Crippen LogP contribution in [0, 0.1) is 6.92 Å². The molecule has 0 fully saturated rings. The average molecular weight is 295 g/mol. The molecule has 0 spiro atoms. The molecule has 0 aliphatic carbocycles. The highest BCUT2D eigenvalue weighted by Crippen LogP contribution is 2.37. The van der Waals surface area contributed by atoms with E-state index in [4.69, 9.17) is 0 Å². The second-order valence-electron chi connectivity index (χ2n) is 5.89. The fourth-order valence-corrected chi connectivity index (χ4v) is 3.18. The number of aromatic hydroxyl groups is 1. The van der Waals surface area contributed by atoms with Crippen LogP contribution in [0.2, 0.25) is 0 Å². The maximum atomic E-state index is 12.4. The first-order valence-electron chi connectivity index (χ1n) is 7.78. The quantitative estimate of drug-likeness (QED) is 0.920. The molecule has 1 heterocycles. The summed E-state index contributed by atoms with van der Waals surface area (Å²) in [5.74, 6) is 0.404. The highest BCUT2D eigenvalue weighted by Gasteiger charge is 2.31. The maximum absolute atomic E-state index is 12.4. The van der Waals surface area contributed by atoms with Gasteiger partial charge in [0.1, 0.15) is 5.75 Å². The van der Waals surface area contributed by atoms with E-state index in [2.05, 4.69) is 31.2 Å². The summed E-state index contributed by atoms with van der Waals surface area (Å²) in [5, 5.41) is 9.88. The predicted molar refractivity (Wildman–Crippen MR) is 86.8 cm³/mol. The van der Waals surface area contributed by atoms with Gasteiger partial charge in [-0.1, -0.05) is 42.8 Å². The highest BCUT2D eigenvalue weighted by atomic mass is 16.3. The fourth-order valence-electron chi connectivity index (χ4n) is 3.18. The first kappa shape index (κ1) is 14.6. The molecule has 0 saturated carbocycles. The summed E-state index contributed by atoms with van der Waals surface area (Å²) in [4.78, 5) is 14.3. The van der Waals surface area contributed by atoms with E-state index in [0.717, 1.165) is 24.1 Å². The lowest BCUT2D eigenvalue weighted by Gasteiger charge is -2.38. The maximum Gasteiger partial charge on any atom is 0.223 e. The second-order valence-corrected chi connectivity index (χ2v) is 5.89. The third-order valence-corrected chi connectivity index (χ3v) is 4.37. The summed E-state index contributed by atoms with van der Waals surface area (Å²) in [7, 11) is 0. The zero-order chi connectivity index (χ0) is 15.7. The molecule has 3 nitrogen and oxygen atoms in total. The molecule has 1 unspecified atom stereocenters. The van der Waals surface area contributed by atoms with E-state index in [1.807, 2.05) is 17.9 Å². The normalized spacial score (nSPS) is 17.2. The van der Waals surface area contributed by atoms with Gasteiger partial charge in [0.05, 0.1) is 6.04 Å². The van der Waals surface area contributed by atoms with Gasteiger partial charge in [0, 0.05) is 13.0 Å². The van der Waals surface area contributed by atoms with Crippen LogP contribution < -0.4 is 0 Å². The number of rotatable bonds is 2. The summed E-state index contributed by atoms with van der Waals surface area (Å²) in [6.45, 7) is 4.68. The van der Waals surface area contributed by atoms with Gasteiger partial charge in [-0.05, 0) is 42.2 Å². The van der Waals surface area contributed by atoms with Gasteiger partial charge < -0.3 is 10.0 Å². The van der Waals surface area contributed by atoms with Crippen molar-refractivity contribution in [3.63, 3.8) is 0 Å². The van der Waals surface area contributed by atoms with Gasteiger partial charge in [0.15, 0.2) is 0 Å². The third kappa shape index (κ3) is 2.59. The van der Waals surface area contributed by atoms with Crippen LogP contribution in [0.15, 0.2) is 42.5 Å². The van der Waals surface area contributed by atoms with Crippen molar-refractivity contribution >= 4 is 5.91 Å². The molecule has 3 heteroatoms. The first-order chi connectivity index (χ1) is 10.6. The Kier molecular flexibility index (Phi) is 3.88. The van der Waals surface area contributed by atoms with Gasteiger partial charge in [0.25, 0.3) is 0 Å². The monoisotopic (exact) mass is 295 g/mol. The van der Waals surface area contributed by atoms with Crippen LogP contribution in [0.4, 0.5) is 0 Å². The molecule has 114 valence electrons. The number of fused-ring (bicyclic) bond motifs is 1. The molecule has 1 atom stereocenters. The number of benzene rings is 2. The van der Waals surface area contributed by atoms with E-state index in [9.17, 15) is 9.90 Å². The Morgan fingerprint density at radius 1 is 1.23 bits per heavy atom. The summed E-state index contributed by atoms with van der Waals surface area (Å²) in [6.07, 6.45) is 1.33. The topological polar surface area (TPSA) is 40.5 Å². The SMILES string of the molecule is CCC(=O)N1CCc2ccc(O)cc2C1c1ccc(C)cc1. The van der Waals surface area contributed by atoms with Gasteiger partial charge in [-0.2, -0.15) is 0 Å². The number of carbonyl (C=O) groups excluding carboxylic acids is 1. The lowest BCUT2D eigenvalue weighted by molar-refractivity contribution is -0.132. The van der Waals surface area contributed by atoms with Crippen LogP contribution >= 0.6 is 0 Å². The van der Waals surface area contributed by atoms with Crippen molar-refractivity contribution in [2.45, 2.75) is 32.7 Å². The van der Waals surface area contributed by atoms with Gasteiger partial charge in [-0.3, -0.25) is 4.79 Å². The van der Waals surface area contributed by atoms with Crippen LogP contribution in [0.25, 0.3) is 0 Å². The molecule has 1 aliphatic heterocycles. The number of carbonyl (C=O) groups is 1. The van der Waals surface area contributed by atoms with Crippen LogP contribution in [0.3, 0.4) is 0 Å². The Bertz CT molecular complexity index is 691. The zero-order valence-corrected chi connectivity index (χ0v) is 13.0. The van der Waals surface area contributed by atoms with Gasteiger partial charge in [-0.15, -0.1) is 0 Å². The number of amides is 1. The lowest BCUT2D eigenvalue weighted by atomic mass is 9.87. The van der Waals surface area contributed by atoms with E-state index < -0.39 is 0 Å². The summed E-state index contributed by atoms with van der Waals surface area (Å²) >= 11 is 0. The largest absolute Gasteiger partial charge is 0.508 e. The summed E-state index contributed by atoms with van der Waals surface area (Å²) in [6, 6.07) is 13.7. The molecule has 1 aliphatic rings. The smallest absolute Gasteiger partial charge is 0.223 e. The Balaban J connectivity index is 2.12. The molecule has 2 aromatic rings. The van der Waals surface area contributed by atoms with Crippen molar-refractivity contribution in [1.82, 2.24) is 4.90 Å². The van der Waals surface area contributed by atoms with Crippen molar-refractivity contribution in [2.24, 2.45) is 0 Å². The molecule has 3 rings (SSSR count). The zero-order valence-electron chi connectivity index (χ0n) is 13.0. The summed E-state index contributed by atoms with van der Waals surface area (Å²) < 4.78 is 0. The van der Waals surface area contributed by atoms with Crippen LogP contribution in [-0.4, -0.2) is 22.5 Å². The van der Waals surface area contributed by atoms with Crippen LogP contribution in [0.5, 0.6) is 5.75 Å². The van der Waals surface area contributed by atoms with Gasteiger partial charge >= 0.3 is 0 Å². The molecule has 2 aromatic carbocycles. The average Bonchev–Trinajstić information content (AvgIpc) is 2.54. The van der Waals surface area contributed by atoms with Crippen LogP contribution in [-0.2, 0) is 11.2 Å². The highest BCUT2D eigenvalue weighted by molar-refractivity contribution is 5.77. The molecule has 0 bridgehead atoms. The van der Waals surface area contributed by atoms with E-state index in [1.54, 1.807) is 12.1 Å². The minimum atomic E-state index is -0.108. The van der Waals surface area contributed by atoms with E-state index in [-0.39, 0.29) is 17.7 Å². The molecule has 0 radical (unpaired) electrons. The predicted octanol–water partition coefficient (Wildman–Crippen LogP) is 3.58. The van der Waals surface area contributed by atoms with Crippen molar-refractivity contribution in [1.29, 1.82) is 0 Å². The Hall–Kier alpha value is -2.29. The van der Waals surface area contributed by atoms with E-state index in [0.29, 0.717) is 6.42 Å². The number of aryl methyl sites for hydroxylation is 1. The summed E-state index contributed by atoms with van der Waals surface area (Å²) in [5.41, 5.74) is 4.54. The Morgan fingerprint density at radius 2 is 1.95 bits per heavy atom. The fraction of sp³-hybridized carbons (Fsp3) is 0.316. The first-order valence-corrected chi connectivity index (χ1v) is 7.78. The number of hydrogen-bond acceptors (Lipinski definition) is 2. The van der Waals surface area contributed by atoms with Gasteiger partial charge in [-0.25, -0.2) is 0 Å².